The van der Waals surface area contributed by atoms with Crippen LogP contribution in [0.2, 0.25) is 5.02 Å². The predicted octanol–water partition coefficient (Wildman–Crippen LogP) is 4.72. The maximum atomic E-state index is 8.98. The highest BCUT2D eigenvalue weighted by Gasteiger charge is 2.12. The minimum absolute atomic E-state index is 0.0247. The zero-order valence-electron chi connectivity index (χ0n) is 10.7. The number of aryl methyl sites for hydroxylation is 1. The second-order valence-electron chi connectivity index (χ2n) is 4.43. The van der Waals surface area contributed by atoms with Crippen LogP contribution in [0.5, 0.6) is 0 Å². The summed E-state index contributed by atoms with van der Waals surface area (Å²) >= 11 is 6.02. The Hall–Kier alpha value is -1.98. The van der Waals surface area contributed by atoms with Crippen molar-refractivity contribution in [1.82, 2.24) is 0 Å². The first-order valence-electron chi connectivity index (χ1n) is 6.15. The molecular weight excluding hydrogens is 256 g/mol. The number of hydrogen-bond donors (Lipinski definition) is 1. The molecule has 2 rings (SSSR count). The summed E-state index contributed by atoms with van der Waals surface area (Å²) in [6.45, 7) is 2.02. The van der Waals surface area contributed by atoms with E-state index < -0.39 is 0 Å². The predicted molar refractivity (Wildman–Crippen MR) is 79.2 cm³/mol. The van der Waals surface area contributed by atoms with Crippen LogP contribution in [0.3, 0.4) is 0 Å². The molecule has 1 atom stereocenters. The average molecular weight is 271 g/mol. The molecule has 0 fully saturated rings. The molecule has 0 heterocycles. The monoisotopic (exact) mass is 270 g/mol. The van der Waals surface area contributed by atoms with E-state index >= 15 is 0 Å². The molecule has 0 saturated heterocycles. The van der Waals surface area contributed by atoms with Crippen LogP contribution in [-0.2, 0) is 0 Å². The molecule has 19 heavy (non-hydrogen) atoms. The second kappa shape index (κ2) is 6.26. The lowest BCUT2D eigenvalue weighted by atomic mass is 10.0. The molecule has 96 valence electrons. The molecule has 0 amide bonds. The molecule has 2 aromatic carbocycles. The number of nitriles is 1. The van der Waals surface area contributed by atoms with Gasteiger partial charge in [0, 0.05) is 10.7 Å². The first-order chi connectivity index (χ1) is 9.20. The average Bonchev–Trinajstić information content (AvgIpc) is 2.43. The molecule has 0 aliphatic carbocycles. The lowest BCUT2D eigenvalue weighted by molar-refractivity contribution is 0.805. The Labute approximate surface area is 118 Å². The fourth-order valence-electron chi connectivity index (χ4n) is 1.97. The van der Waals surface area contributed by atoms with Crippen LogP contribution in [0.15, 0.2) is 48.5 Å². The first kappa shape index (κ1) is 13.5. The summed E-state index contributed by atoms with van der Waals surface area (Å²) in [6.07, 6.45) is 0.413. The molecule has 0 bridgehead atoms. The van der Waals surface area contributed by atoms with E-state index in [9.17, 15) is 0 Å². The van der Waals surface area contributed by atoms with E-state index in [1.807, 2.05) is 55.5 Å². The van der Waals surface area contributed by atoms with E-state index in [4.69, 9.17) is 16.9 Å². The van der Waals surface area contributed by atoms with E-state index in [1.165, 1.54) is 0 Å². The smallest absolute Gasteiger partial charge is 0.0647 e. The van der Waals surface area contributed by atoms with Gasteiger partial charge in [0.05, 0.1) is 18.5 Å². The molecule has 3 heteroatoms. The van der Waals surface area contributed by atoms with Gasteiger partial charge in [0.1, 0.15) is 0 Å². The largest absolute Gasteiger partial charge is 0.377 e. The van der Waals surface area contributed by atoms with Crippen LogP contribution in [0, 0.1) is 18.3 Å². The summed E-state index contributed by atoms with van der Waals surface area (Å²) in [6, 6.07) is 17.9. The van der Waals surface area contributed by atoms with Crippen LogP contribution >= 0.6 is 11.6 Å². The molecule has 0 radical (unpaired) electrons. The van der Waals surface area contributed by atoms with Gasteiger partial charge in [0.2, 0.25) is 0 Å². The summed E-state index contributed by atoms with van der Waals surface area (Å²) in [7, 11) is 0. The molecular formula is C16H15ClN2. The van der Waals surface area contributed by atoms with Crippen molar-refractivity contribution in [3.05, 3.63) is 64.7 Å². The van der Waals surface area contributed by atoms with Gasteiger partial charge in [0.25, 0.3) is 0 Å². The van der Waals surface area contributed by atoms with Gasteiger partial charge >= 0.3 is 0 Å². The number of halogens is 1. The zero-order chi connectivity index (χ0) is 13.7. The molecule has 0 spiro atoms. The maximum absolute atomic E-state index is 8.98. The van der Waals surface area contributed by atoms with Crippen LogP contribution in [-0.4, -0.2) is 0 Å². The van der Waals surface area contributed by atoms with Crippen molar-refractivity contribution in [2.45, 2.75) is 19.4 Å². The van der Waals surface area contributed by atoms with Crippen LogP contribution < -0.4 is 5.32 Å². The van der Waals surface area contributed by atoms with Gasteiger partial charge in [-0.15, -0.1) is 0 Å². The highest BCUT2D eigenvalue weighted by atomic mass is 35.5. The van der Waals surface area contributed by atoms with E-state index in [0.29, 0.717) is 11.4 Å². The summed E-state index contributed by atoms with van der Waals surface area (Å²) < 4.78 is 0. The van der Waals surface area contributed by atoms with Gasteiger partial charge in [-0.2, -0.15) is 5.26 Å². The van der Waals surface area contributed by atoms with Crippen molar-refractivity contribution in [2.75, 3.05) is 5.32 Å². The number of rotatable bonds is 4. The fourth-order valence-corrected chi connectivity index (χ4v) is 2.14. The molecule has 0 saturated carbocycles. The highest BCUT2D eigenvalue weighted by Crippen LogP contribution is 2.26. The summed E-state index contributed by atoms with van der Waals surface area (Å²) in [5.41, 5.74) is 3.18. The normalized spacial score (nSPS) is 11.6. The number of benzene rings is 2. The van der Waals surface area contributed by atoms with E-state index in [1.54, 1.807) is 0 Å². The minimum Gasteiger partial charge on any atom is -0.377 e. The third kappa shape index (κ3) is 3.49. The highest BCUT2D eigenvalue weighted by molar-refractivity contribution is 6.30. The molecule has 1 N–H and O–H groups in total. The van der Waals surface area contributed by atoms with Crippen molar-refractivity contribution >= 4 is 17.3 Å². The van der Waals surface area contributed by atoms with Crippen molar-refractivity contribution in [1.29, 1.82) is 5.26 Å². The first-order valence-corrected chi connectivity index (χ1v) is 6.53. The van der Waals surface area contributed by atoms with Gasteiger partial charge in [0.15, 0.2) is 0 Å². The lowest BCUT2D eigenvalue weighted by Gasteiger charge is -2.19. The summed E-state index contributed by atoms with van der Waals surface area (Å²) in [4.78, 5) is 0. The molecule has 1 unspecified atom stereocenters. The van der Waals surface area contributed by atoms with Gasteiger partial charge in [-0.1, -0.05) is 48.0 Å². The Bertz CT molecular complexity index is 587. The van der Waals surface area contributed by atoms with Crippen LogP contribution in [0.25, 0.3) is 0 Å². The summed E-state index contributed by atoms with van der Waals surface area (Å²) in [5, 5.41) is 13.1. The summed E-state index contributed by atoms with van der Waals surface area (Å²) in [5.74, 6) is 0. The Morgan fingerprint density at radius 2 is 1.95 bits per heavy atom. The van der Waals surface area contributed by atoms with Gasteiger partial charge in [-0.3, -0.25) is 0 Å². The Kier molecular flexibility index (Phi) is 4.43. The Morgan fingerprint density at radius 3 is 2.63 bits per heavy atom. The minimum atomic E-state index is -0.0247. The van der Waals surface area contributed by atoms with Gasteiger partial charge in [-0.25, -0.2) is 0 Å². The number of nitrogens with one attached hydrogen (secondary N) is 1. The van der Waals surface area contributed by atoms with Crippen molar-refractivity contribution in [3.63, 3.8) is 0 Å². The van der Waals surface area contributed by atoms with Crippen molar-refractivity contribution in [3.8, 4) is 6.07 Å². The molecule has 2 nitrogen and oxygen atoms in total. The number of anilines is 1. The molecule has 0 aliphatic rings. The Balaban J connectivity index is 2.27. The van der Waals surface area contributed by atoms with Crippen molar-refractivity contribution in [2.24, 2.45) is 0 Å². The molecule has 0 aromatic heterocycles. The number of hydrogen-bond acceptors (Lipinski definition) is 2. The molecule has 0 aliphatic heterocycles. The Morgan fingerprint density at radius 1 is 1.21 bits per heavy atom. The van der Waals surface area contributed by atoms with E-state index in [2.05, 4.69) is 11.4 Å². The standard InChI is InChI=1S/C16H15ClN2/c1-12-7-8-14(17)11-16(12)19-15(9-10-18)13-5-3-2-4-6-13/h2-8,11,15,19H,9H2,1H3. The zero-order valence-corrected chi connectivity index (χ0v) is 11.5. The second-order valence-corrected chi connectivity index (χ2v) is 4.87. The topological polar surface area (TPSA) is 35.8 Å². The van der Waals surface area contributed by atoms with Crippen LogP contribution in [0.1, 0.15) is 23.6 Å². The van der Waals surface area contributed by atoms with E-state index in [-0.39, 0.29) is 6.04 Å². The quantitative estimate of drug-likeness (QED) is 0.873. The van der Waals surface area contributed by atoms with E-state index in [0.717, 1.165) is 16.8 Å². The van der Waals surface area contributed by atoms with Crippen molar-refractivity contribution < 1.29 is 0 Å². The van der Waals surface area contributed by atoms with Gasteiger partial charge in [-0.05, 0) is 30.2 Å². The SMILES string of the molecule is Cc1ccc(Cl)cc1NC(CC#N)c1ccccc1. The molecule has 2 aromatic rings. The lowest BCUT2D eigenvalue weighted by Crippen LogP contribution is -2.11. The maximum Gasteiger partial charge on any atom is 0.0647 e. The van der Waals surface area contributed by atoms with Crippen LogP contribution in [0.4, 0.5) is 5.69 Å². The third-order valence-electron chi connectivity index (χ3n) is 3.03. The van der Waals surface area contributed by atoms with Gasteiger partial charge < -0.3 is 5.32 Å². The third-order valence-corrected chi connectivity index (χ3v) is 3.26. The number of nitrogens with zero attached hydrogens (tertiary/aromatic N) is 1. The fraction of sp³-hybridized carbons (Fsp3) is 0.188.